The molecule has 0 aliphatic carbocycles. The molecule has 2 N–H and O–H groups in total. The van der Waals surface area contributed by atoms with Crippen LogP contribution in [-0.4, -0.2) is 36.0 Å². The molecule has 0 radical (unpaired) electrons. The van der Waals surface area contributed by atoms with Crippen LogP contribution >= 0.6 is 11.8 Å². The topological polar surface area (TPSA) is 74.4 Å². The van der Waals surface area contributed by atoms with Gasteiger partial charge in [0.2, 0.25) is 0 Å². The van der Waals surface area contributed by atoms with Gasteiger partial charge in [-0.25, -0.2) is 9.78 Å². The van der Waals surface area contributed by atoms with Gasteiger partial charge in [0.25, 0.3) is 0 Å². The Labute approximate surface area is 110 Å². The van der Waals surface area contributed by atoms with Gasteiger partial charge in [0, 0.05) is 11.9 Å². The van der Waals surface area contributed by atoms with Gasteiger partial charge in [0.05, 0.1) is 35.7 Å². The summed E-state index contributed by atoms with van der Waals surface area (Å²) in [6, 6.07) is 1.68. The van der Waals surface area contributed by atoms with Crippen LogP contribution in [0, 0.1) is 0 Å². The molecular weight excluding hydrogens is 252 g/mol. The lowest BCUT2D eigenvalue weighted by Crippen LogP contribution is -2.14. The van der Waals surface area contributed by atoms with Crippen LogP contribution in [0.5, 0.6) is 0 Å². The molecule has 2 atom stereocenters. The molecule has 0 aromatic carbocycles. The smallest absolute Gasteiger partial charge is 0.340 e. The summed E-state index contributed by atoms with van der Waals surface area (Å²) in [4.78, 5) is 15.8. The molecule has 2 heterocycles. The first-order valence-corrected chi connectivity index (χ1v) is 6.62. The van der Waals surface area contributed by atoms with E-state index in [4.69, 9.17) is 10.5 Å². The van der Waals surface area contributed by atoms with Gasteiger partial charge in [-0.15, -0.1) is 11.8 Å². The number of hydrogen-bond acceptors (Lipinski definition) is 6. The molecule has 1 aromatic rings. The number of thioether (sulfide) groups is 1. The number of ether oxygens (including phenoxy) is 2. The highest BCUT2D eigenvalue weighted by molar-refractivity contribution is 7.99. The van der Waals surface area contributed by atoms with Crippen molar-refractivity contribution >= 4 is 23.4 Å². The van der Waals surface area contributed by atoms with Crippen LogP contribution in [0.15, 0.2) is 17.3 Å². The summed E-state index contributed by atoms with van der Waals surface area (Å²) in [6.07, 6.45) is 2.69. The number of nitrogens with two attached hydrogens (primary N) is 1. The van der Waals surface area contributed by atoms with Gasteiger partial charge in [-0.1, -0.05) is 0 Å². The highest BCUT2D eigenvalue weighted by atomic mass is 32.2. The Balaban J connectivity index is 2.16. The van der Waals surface area contributed by atoms with Crippen molar-refractivity contribution in [1.29, 1.82) is 0 Å². The van der Waals surface area contributed by atoms with Gasteiger partial charge >= 0.3 is 5.97 Å². The fraction of sp³-hybridized carbons (Fsp3) is 0.500. The summed E-state index contributed by atoms with van der Waals surface area (Å²) in [5, 5.41) is 1.14. The maximum absolute atomic E-state index is 11.5. The third-order valence-electron chi connectivity index (χ3n) is 2.89. The summed E-state index contributed by atoms with van der Waals surface area (Å²) < 4.78 is 10.2. The second-order valence-corrected chi connectivity index (χ2v) is 5.38. The molecule has 0 saturated carbocycles. The predicted octanol–water partition coefficient (Wildman–Crippen LogP) is 1.72. The number of esters is 1. The predicted molar refractivity (Wildman–Crippen MR) is 69.7 cm³/mol. The van der Waals surface area contributed by atoms with E-state index in [0.717, 1.165) is 18.1 Å². The molecule has 2 rings (SSSR count). The van der Waals surface area contributed by atoms with Gasteiger partial charge < -0.3 is 15.2 Å². The van der Waals surface area contributed by atoms with Crippen molar-refractivity contribution in [3.8, 4) is 0 Å². The lowest BCUT2D eigenvalue weighted by Gasteiger charge is -2.13. The summed E-state index contributed by atoms with van der Waals surface area (Å²) in [5.74, 6) is -0.438. The molecule has 6 heteroatoms. The van der Waals surface area contributed by atoms with Crippen molar-refractivity contribution in [1.82, 2.24) is 4.98 Å². The van der Waals surface area contributed by atoms with Crippen LogP contribution in [0.25, 0.3) is 0 Å². The van der Waals surface area contributed by atoms with Crippen molar-refractivity contribution < 1.29 is 14.3 Å². The molecule has 2 unspecified atom stereocenters. The van der Waals surface area contributed by atoms with E-state index in [9.17, 15) is 4.79 Å². The number of anilines is 1. The monoisotopic (exact) mass is 268 g/mol. The van der Waals surface area contributed by atoms with Crippen molar-refractivity contribution in [3.05, 3.63) is 17.8 Å². The molecule has 98 valence electrons. The van der Waals surface area contributed by atoms with E-state index in [1.807, 2.05) is 6.92 Å². The van der Waals surface area contributed by atoms with Crippen LogP contribution < -0.4 is 5.73 Å². The Morgan fingerprint density at radius 3 is 3.06 bits per heavy atom. The third kappa shape index (κ3) is 2.76. The van der Waals surface area contributed by atoms with Crippen molar-refractivity contribution in [2.24, 2.45) is 0 Å². The number of pyridine rings is 1. The number of aromatic nitrogens is 1. The normalized spacial score (nSPS) is 23.0. The van der Waals surface area contributed by atoms with Crippen LogP contribution in [0.1, 0.15) is 23.7 Å². The molecule has 0 bridgehead atoms. The van der Waals surface area contributed by atoms with Crippen molar-refractivity contribution in [2.75, 3.05) is 19.5 Å². The zero-order valence-corrected chi connectivity index (χ0v) is 11.2. The Kier molecular flexibility index (Phi) is 4.08. The van der Waals surface area contributed by atoms with E-state index in [-0.39, 0.29) is 6.10 Å². The number of nitrogens with zero attached hydrogens (tertiary/aromatic N) is 1. The summed E-state index contributed by atoms with van der Waals surface area (Å²) in [6.45, 7) is 2.82. The summed E-state index contributed by atoms with van der Waals surface area (Å²) in [5.41, 5.74) is 6.40. The Morgan fingerprint density at radius 2 is 2.44 bits per heavy atom. The van der Waals surface area contributed by atoms with Gasteiger partial charge in [0.1, 0.15) is 0 Å². The minimum absolute atomic E-state index is 0.205. The molecule has 5 nitrogen and oxygen atoms in total. The van der Waals surface area contributed by atoms with E-state index in [1.54, 1.807) is 17.8 Å². The first kappa shape index (κ1) is 13.2. The van der Waals surface area contributed by atoms with E-state index in [0.29, 0.717) is 16.5 Å². The van der Waals surface area contributed by atoms with Crippen molar-refractivity contribution in [3.63, 3.8) is 0 Å². The lowest BCUT2D eigenvalue weighted by molar-refractivity contribution is 0.0601. The SMILES string of the molecule is COC(=O)c1cc(SC2CCOC2C)ncc1N. The first-order valence-electron chi connectivity index (χ1n) is 5.74. The fourth-order valence-electron chi connectivity index (χ4n) is 1.82. The maximum atomic E-state index is 11.5. The molecule has 1 fully saturated rings. The van der Waals surface area contributed by atoms with Crippen LogP contribution in [0.4, 0.5) is 5.69 Å². The highest BCUT2D eigenvalue weighted by Crippen LogP contribution is 2.32. The van der Waals surface area contributed by atoms with Crippen LogP contribution in [0.2, 0.25) is 0 Å². The van der Waals surface area contributed by atoms with Gasteiger partial charge in [0.15, 0.2) is 0 Å². The molecule has 1 saturated heterocycles. The summed E-state index contributed by atoms with van der Waals surface area (Å²) >= 11 is 1.61. The largest absolute Gasteiger partial charge is 0.465 e. The van der Waals surface area contributed by atoms with Gasteiger partial charge in [-0.05, 0) is 19.4 Å². The quantitative estimate of drug-likeness (QED) is 0.841. The second kappa shape index (κ2) is 5.58. The highest BCUT2D eigenvalue weighted by Gasteiger charge is 2.26. The number of carbonyl (C=O) groups excluding carboxylic acids is 1. The number of hydrogen-bond donors (Lipinski definition) is 1. The fourth-order valence-corrected chi connectivity index (χ4v) is 2.91. The van der Waals surface area contributed by atoms with E-state index in [1.165, 1.54) is 13.3 Å². The maximum Gasteiger partial charge on any atom is 0.340 e. The first-order chi connectivity index (χ1) is 8.61. The number of rotatable bonds is 3. The van der Waals surface area contributed by atoms with E-state index in [2.05, 4.69) is 9.72 Å². The average Bonchev–Trinajstić information content (AvgIpc) is 2.76. The average molecular weight is 268 g/mol. The zero-order chi connectivity index (χ0) is 13.1. The zero-order valence-electron chi connectivity index (χ0n) is 10.4. The number of methoxy groups -OCH3 is 1. The van der Waals surface area contributed by atoms with Gasteiger partial charge in [-0.3, -0.25) is 0 Å². The standard InChI is InChI=1S/C12H16N2O3S/c1-7-10(3-4-17-7)18-11-5-8(12(15)16-2)9(13)6-14-11/h5-7,10H,3-4,13H2,1-2H3. The minimum atomic E-state index is -0.438. The molecule has 1 aromatic heterocycles. The van der Waals surface area contributed by atoms with E-state index >= 15 is 0 Å². The van der Waals surface area contributed by atoms with Crippen LogP contribution in [0.3, 0.4) is 0 Å². The Morgan fingerprint density at radius 1 is 1.67 bits per heavy atom. The molecule has 18 heavy (non-hydrogen) atoms. The molecule has 0 spiro atoms. The van der Waals surface area contributed by atoms with Gasteiger partial charge in [-0.2, -0.15) is 0 Å². The number of carbonyl (C=O) groups is 1. The Bertz CT molecular complexity index is 453. The molecule has 1 aliphatic heterocycles. The lowest BCUT2D eigenvalue weighted by atomic mass is 10.2. The molecule has 0 amide bonds. The minimum Gasteiger partial charge on any atom is -0.465 e. The molecular formula is C12H16N2O3S. The third-order valence-corrected chi connectivity index (χ3v) is 4.28. The van der Waals surface area contributed by atoms with Crippen LogP contribution in [-0.2, 0) is 9.47 Å². The van der Waals surface area contributed by atoms with Crippen molar-refractivity contribution in [2.45, 2.75) is 29.7 Å². The van der Waals surface area contributed by atoms with E-state index < -0.39 is 5.97 Å². The Hall–Kier alpha value is -1.27. The molecule has 1 aliphatic rings. The number of nitrogen functional groups attached to an aromatic ring is 1. The second-order valence-electron chi connectivity index (χ2n) is 4.12. The summed E-state index contributed by atoms with van der Waals surface area (Å²) in [7, 11) is 1.34.